The van der Waals surface area contributed by atoms with Crippen LogP contribution in [-0.2, 0) is 33.6 Å². The number of thiophene rings is 1. The van der Waals surface area contributed by atoms with E-state index in [1.807, 2.05) is 29.2 Å². The van der Waals surface area contributed by atoms with Crippen LogP contribution >= 0.6 is 11.3 Å². The number of ether oxygens (including phenoxy) is 1. The summed E-state index contributed by atoms with van der Waals surface area (Å²) in [6.07, 6.45) is 11.8. The summed E-state index contributed by atoms with van der Waals surface area (Å²) >= 11 is 1.68. The minimum absolute atomic E-state index is 0.0783. The number of carbonyl (C=O) groups excluding carboxylic acids is 6. The number of piperidine rings is 3. The number of anilines is 6. The van der Waals surface area contributed by atoms with E-state index < -0.39 is 23.8 Å². The molecule has 0 bridgehead atoms. The second-order valence-electron chi connectivity index (χ2n) is 20.9. The molecular weight excluding hydrogens is 975 g/mol. The Morgan fingerprint density at radius 3 is 2.43 bits per heavy atom. The molecule has 394 valence electrons. The number of likely N-dealkylation sites (tertiary alicyclic amines) is 1. The lowest BCUT2D eigenvalue weighted by molar-refractivity contribution is -0.149. The fraction of sp³-hybridized carbons (Fsp3) is 0.491. The number of aromatic nitrogens is 2. The molecule has 3 unspecified atom stereocenters. The first kappa shape index (κ1) is 50.3. The van der Waals surface area contributed by atoms with Gasteiger partial charge in [0, 0.05) is 87.6 Å². The summed E-state index contributed by atoms with van der Waals surface area (Å²) in [6.45, 7) is 10.9. The molecule has 0 radical (unpaired) electrons. The van der Waals surface area contributed by atoms with Gasteiger partial charge in [0.2, 0.25) is 11.8 Å². The van der Waals surface area contributed by atoms with Crippen LogP contribution in [0.5, 0.6) is 5.88 Å². The molecule has 1 aliphatic carbocycles. The van der Waals surface area contributed by atoms with Crippen LogP contribution in [0.15, 0.2) is 55.3 Å². The van der Waals surface area contributed by atoms with Crippen LogP contribution in [0.4, 0.5) is 34.4 Å². The van der Waals surface area contributed by atoms with Gasteiger partial charge in [-0.15, -0.1) is 11.3 Å². The van der Waals surface area contributed by atoms with Gasteiger partial charge in [0.05, 0.1) is 59.4 Å². The lowest BCUT2D eigenvalue weighted by atomic mass is 9.89. The van der Waals surface area contributed by atoms with Gasteiger partial charge in [-0.25, -0.2) is 9.97 Å². The third kappa shape index (κ3) is 9.17. The number of carbonyl (C=O) groups is 6. The number of hydrogen-bond acceptors (Lipinski definition) is 16. The third-order valence-corrected chi connectivity index (χ3v) is 18.1. The van der Waals surface area contributed by atoms with E-state index in [0.29, 0.717) is 42.1 Å². The highest BCUT2D eigenvalue weighted by molar-refractivity contribution is 7.14. The van der Waals surface area contributed by atoms with E-state index >= 15 is 0 Å². The standard InChI is InChI=1S/C55H65N11O8S/c1-5-47(68)58-40-27-33(57-50-51(74-4)56-29-46(59-50)64-21-8-10-42(44(64)31-67)65-24-20-37-36-9-6-7-11-45(36)75-49(37)55(65)73)12-15-41(40)63-26-25-62(30-32(63)2)34-18-22-61(23-19-34)35-13-14-38-39(28-35)53(71)66(52(38)70)43-16-17-48(69)60(3)54(43)72/h5,12-15,27-29,32,34,42-44,67H,1,6-11,16-26,30-31H2,2-4H3,(H,57,59)(H,58,68)/t32-,42?,43?,44?/m0/s1. The van der Waals surface area contributed by atoms with Gasteiger partial charge >= 0.3 is 0 Å². The number of rotatable bonds is 12. The van der Waals surface area contributed by atoms with Crippen LogP contribution in [0, 0.1) is 0 Å². The van der Waals surface area contributed by atoms with Gasteiger partial charge in [0.25, 0.3) is 29.5 Å². The van der Waals surface area contributed by atoms with Gasteiger partial charge < -0.3 is 40.1 Å². The maximum atomic E-state index is 14.2. The zero-order valence-electron chi connectivity index (χ0n) is 42.9. The molecule has 7 aliphatic rings. The van der Waals surface area contributed by atoms with E-state index in [0.717, 1.165) is 104 Å². The van der Waals surface area contributed by atoms with Crippen LogP contribution in [0.3, 0.4) is 0 Å². The van der Waals surface area contributed by atoms with Gasteiger partial charge in [0.1, 0.15) is 11.9 Å². The van der Waals surface area contributed by atoms with Crippen molar-refractivity contribution >= 4 is 81.2 Å². The highest BCUT2D eigenvalue weighted by atomic mass is 32.1. The first-order chi connectivity index (χ1) is 36.3. The SMILES string of the molecule is C=CC(=O)Nc1cc(Nc2nc(N3CCCC(N4CCc5c(sc6c5CCCC6)C4=O)C3CO)cnc2OC)ccc1N1CCN(C2CCN(c3ccc4c(c3)C(=O)N(C3CCC(=O)N(C)C3=O)C4=O)CC2)C[C@@H]1C. The topological polar surface area (TPSA) is 204 Å². The molecule has 11 rings (SSSR count). The lowest BCUT2D eigenvalue weighted by Crippen LogP contribution is -2.60. The van der Waals surface area contributed by atoms with E-state index in [9.17, 15) is 33.9 Å². The van der Waals surface area contributed by atoms with Crippen LogP contribution in [-0.4, -0.2) is 167 Å². The van der Waals surface area contributed by atoms with Crippen molar-refractivity contribution in [2.45, 2.75) is 108 Å². The van der Waals surface area contributed by atoms with Crippen molar-refractivity contribution in [1.29, 1.82) is 0 Å². The zero-order chi connectivity index (χ0) is 52.2. The predicted molar refractivity (Wildman–Crippen MR) is 285 cm³/mol. The van der Waals surface area contributed by atoms with Crippen molar-refractivity contribution in [2.75, 3.05) is 91.9 Å². The summed E-state index contributed by atoms with van der Waals surface area (Å²) in [5.41, 5.74) is 6.19. The predicted octanol–water partition coefficient (Wildman–Crippen LogP) is 5.24. The van der Waals surface area contributed by atoms with Crippen molar-refractivity contribution in [3.8, 4) is 5.88 Å². The van der Waals surface area contributed by atoms with Crippen LogP contribution < -0.4 is 30.1 Å². The number of aliphatic hydroxyl groups is 1. The molecule has 4 saturated heterocycles. The number of nitrogens with zero attached hydrogens (tertiary/aromatic N) is 9. The van der Waals surface area contributed by atoms with Gasteiger partial charge in [-0.1, -0.05) is 6.58 Å². The molecule has 19 nitrogen and oxygen atoms in total. The summed E-state index contributed by atoms with van der Waals surface area (Å²) < 4.78 is 5.70. The van der Waals surface area contributed by atoms with Crippen molar-refractivity contribution in [3.05, 3.63) is 87.3 Å². The molecule has 4 aromatic rings. The lowest BCUT2D eigenvalue weighted by Gasteiger charge is -2.47. The number of benzene rings is 2. The third-order valence-electron chi connectivity index (χ3n) is 16.7. The second-order valence-corrected chi connectivity index (χ2v) is 22.0. The first-order valence-electron chi connectivity index (χ1n) is 26.5. The Hall–Kier alpha value is -6.90. The molecule has 4 fully saturated rings. The van der Waals surface area contributed by atoms with Crippen molar-refractivity contribution in [1.82, 2.24) is 29.6 Å². The molecule has 6 amide bonds. The highest BCUT2D eigenvalue weighted by Gasteiger charge is 2.47. The van der Waals surface area contributed by atoms with Crippen LogP contribution in [0.25, 0.3) is 0 Å². The van der Waals surface area contributed by atoms with Crippen molar-refractivity contribution < 1.29 is 38.6 Å². The number of piperazine rings is 1. The Labute approximate surface area is 440 Å². The van der Waals surface area contributed by atoms with Gasteiger partial charge in [-0.05, 0) is 125 Å². The molecule has 6 aliphatic heterocycles. The Morgan fingerprint density at radius 1 is 0.853 bits per heavy atom. The van der Waals surface area contributed by atoms with E-state index in [4.69, 9.17) is 9.72 Å². The average molecular weight is 1040 g/mol. The summed E-state index contributed by atoms with van der Waals surface area (Å²) in [5.74, 6) is -0.928. The van der Waals surface area contributed by atoms with E-state index in [1.165, 1.54) is 49.1 Å². The maximum absolute atomic E-state index is 14.2. The molecule has 0 spiro atoms. The smallest absolute Gasteiger partial charge is 0.264 e. The molecular formula is C55H65N11O8S. The number of amides is 6. The average Bonchev–Trinajstić information content (AvgIpc) is 3.94. The van der Waals surface area contributed by atoms with Gasteiger partial charge in [-0.3, -0.25) is 43.5 Å². The number of aliphatic hydroxyl groups excluding tert-OH is 1. The monoisotopic (exact) mass is 1040 g/mol. The Morgan fingerprint density at radius 2 is 1.65 bits per heavy atom. The molecule has 2 aromatic carbocycles. The maximum Gasteiger partial charge on any atom is 0.264 e. The molecule has 20 heteroatoms. The first-order valence-corrected chi connectivity index (χ1v) is 27.3. The number of methoxy groups -OCH3 is 1. The largest absolute Gasteiger partial charge is 0.478 e. The number of imide groups is 2. The van der Waals surface area contributed by atoms with E-state index in [2.05, 4.69) is 48.7 Å². The Kier molecular flexibility index (Phi) is 13.9. The number of nitrogens with one attached hydrogen (secondary N) is 2. The normalized spacial score (nSPS) is 23.6. The number of fused-ring (bicyclic) bond motifs is 4. The highest BCUT2D eigenvalue weighted by Crippen LogP contribution is 2.41. The fourth-order valence-corrected chi connectivity index (χ4v) is 14.2. The van der Waals surface area contributed by atoms with E-state index in [1.54, 1.807) is 29.7 Å². The molecule has 0 saturated carbocycles. The van der Waals surface area contributed by atoms with Gasteiger partial charge in [0.15, 0.2) is 5.82 Å². The summed E-state index contributed by atoms with van der Waals surface area (Å²) in [7, 11) is 2.92. The van der Waals surface area contributed by atoms with Gasteiger partial charge in [-0.2, -0.15) is 0 Å². The quantitative estimate of drug-likeness (QED) is 0.123. The number of aryl methyl sites for hydroxylation is 1. The summed E-state index contributed by atoms with van der Waals surface area (Å²) in [4.78, 5) is 104. The number of hydrogen-bond donors (Lipinski definition) is 3. The van der Waals surface area contributed by atoms with Crippen LogP contribution in [0.1, 0.15) is 105 Å². The number of likely N-dealkylation sites (N-methyl/N-ethyl adjacent to an activating group) is 1. The Bertz CT molecular complexity index is 2970. The minimum atomic E-state index is -0.992. The summed E-state index contributed by atoms with van der Waals surface area (Å²) in [5, 5.41) is 17.4. The fourth-order valence-electron chi connectivity index (χ4n) is 12.8. The second kappa shape index (κ2) is 20.7. The van der Waals surface area contributed by atoms with E-state index in [-0.39, 0.29) is 72.3 Å². The molecule has 4 atom stereocenters. The zero-order valence-corrected chi connectivity index (χ0v) is 43.7. The Balaban J connectivity index is 0.745. The van der Waals surface area contributed by atoms with Crippen molar-refractivity contribution in [2.24, 2.45) is 0 Å². The molecule has 3 N–H and O–H groups in total. The van der Waals surface area contributed by atoms with Crippen molar-refractivity contribution in [3.63, 3.8) is 0 Å². The molecule has 2 aromatic heterocycles. The minimum Gasteiger partial charge on any atom is -0.478 e. The van der Waals surface area contributed by atoms with Crippen LogP contribution in [0.2, 0.25) is 0 Å². The molecule has 75 heavy (non-hydrogen) atoms. The summed E-state index contributed by atoms with van der Waals surface area (Å²) in [6, 6.07) is 10.0. The molecule has 8 heterocycles.